The molecule has 0 spiro atoms. The first-order chi connectivity index (χ1) is 21.6. The van der Waals surface area contributed by atoms with E-state index in [1.165, 1.54) is 4.57 Å². The molecule has 11 heteroatoms. The fourth-order valence-electron chi connectivity index (χ4n) is 6.15. The van der Waals surface area contributed by atoms with Crippen LogP contribution in [0.25, 0.3) is 28.0 Å². The highest BCUT2D eigenvalue weighted by atomic mass is 19.1. The first kappa shape index (κ1) is 32.5. The predicted molar refractivity (Wildman–Crippen MR) is 176 cm³/mol. The number of amides is 1. The van der Waals surface area contributed by atoms with Crippen LogP contribution in [0.4, 0.5) is 15.0 Å². The third kappa shape index (κ3) is 5.91. The molecule has 2 atom stereocenters. The zero-order chi connectivity index (χ0) is 33.7. The van der Waals surface area contributed by atoms with Gasteiger partial charge in [0.15, 0.2) is 5.65 Å². The lowest BCUT2D eigenvalue weighted by Gasteiger charge is -2.45. The molecule has 4 heterocycles. The van der Waals surface area contributed by atoms with Crippen molar-refractivity contribution in [2.75, 3.05) is 18.0 Å². The van der Waals surface area contributed by atoms with Crippen molar-refractivity contribution >= 4 is 22.9 Å². The monoisotopic (exact) mass is 625 g/mol. The van der Waals surface area contributed by atoms with Crippen LogP contribution >= 0.6 is 0 Å². The minimum Gasteiger partial charge on any atom is -0.444 e. The lowest BCUT2D eigenvalue weighted by molar-refractivity contribution is 0.0192. The molecule has 1 saturated heterocycles. The van der Waals surface area contributed by atoms with Crippen molar-refractivity contribution in [1.82, 2.24) is 24.4 Å². The molecule has 0 bridgehead atoms. The number of aryl methyl sites for hydroxylation is 2. The quantitative estimate of drug-likeness (QED) is 0.255. The molecule has 240 valence electrons. The van der Waals surface area contributed by atoms with Crippen LogP contribution in [-0.4, -0.2) is 61.3 Å². The van der Waals surface area contributed by atoms with Crippen molar-refractivity contribution in [2.45, 2.75) is 85.9 Å². The molecule has 1 aliphatic heterocycles. The average molecular weight is 626 g/mol. The van der Waals surface area contributed by atoms with Crippen molar-refractivity contribution in [3.8, 4) is 23.0 Å². The number of nitriles is 1. The number of carbonyl (C=O) groups is 1. The molecule has 0 radical (unpaired) electrons. The van der Waals surface area contributed by atoms with Crippen LogP contribution in [0.5, 0.6) is 0 Å². The van der Waals surface area contributed by atoms with E-state index >= 15 is 4.39 Å². The lowest BCUT2D eigenvalue weighted by atomic mass is 10.0. The zero-order valence-electron chi connectivity index (χ0n) is 27.8. The summed E-state index contributed by atoms with van der Waals surface area (Å²) in [6.07, 6.45) is 1.29. The van der Waals surface area contributed by atoms with E-state index in [0.717, 1.165) is 5.56 Å². The van der Waals surface area contributed by atoms with Gasteiger partial charge in [-0.1, -0.05) is 26.0 Å². The van der Waals surface area contributed by atoms with Crippen molar-refractivity contribution in [1.29, 1.82) is 5.26 Å². The van der Waals surface area contributed by atoms with Crippen molar-refractivity contribution in [3.05, 3.63) is 75.2 Å². The van der Waals surface area contributed by atoms with Gasteiger partial charge in [0.1, 0.15) is 23.3 Å². The van der Waals surface area contributed by atoms with E-state index in [1.807, 2.05) is 66.4 Å². The SMILES string of the molecule is Cc1cccc(-c2nc3c(cc2C#N)c(N2[C@H](C)CN(C(=O)OC(C)(C)C)C[C@@H]2C)nc(=O)n3-c2c(C)ccnc2C(C)C)c1F. The van der Waals surface area contributed by atoms with E-state index in [2.05, 4.69) is 16.0 Å². The van der Waals surface area contributed by atoms with Crippen LogP contribution in [0.15, 0.2) is 41.3 Å². The highest BCUT2D eigenvalue weighted by Gasteiger charge is 2.36. The molecule has 0 saturated carbocycles. The lowest BCUT2D eigenvalue weighted by Crippen LogP contribution is -2.59. The number of rotatable bonds is 4. The number of pyridine rings is 2. The Kier molecular flexibility index (Phi) is 8.60. The Labute approximate surface area is 268 Å². The maximum absolute atomic E-state index is 15.5. The minimum atomic E-state index is -0.643. The molecule has 5 rings (SSSR count). The summed E-state index contributed by atoms with van der Waals surface area (Å²) in [5.41, 5.74) is 1.88. The van der Waals surface area contributed by atoms with Gasteiger partial charge in [-0.2, -0.15) is 10.2 Å². The second-order valence-electron chi connectivity index (χ2n) is 13.4. The van der Waals surface area contributed by atoms with Crippen LogP contribution in [0, 0.1) is 31.0 Å². The van der Waals surface area contributed by atoms with Gasteiger partial charge in [-0.05, 0) is 83.7 Å². The van der Waals surface area contributed by atoms with Gasteiger partial charge in [0.25, 0.3) is 0 Å². The van der Waals surface area contributed by atoms with Crippen LogP contribution in [0.2, 0.25) is 0 Å². The predicted octanol–water partition coefficient (Wildman–Crippen LogP) is 6.43. The number of anilines is 1. The van der Waals surface area contributed by atoms with Crippen LogP contribution in [-0.2, 0) is 4.74 Å². The normalized spacial score (nSPS) is 17.0. The summed E-state index contributed by atoms with van der Waals surface area (Å²) in [5, 5.41) is 10.8. The number of hydrogen-bond donors (Lipinski definition) is 0. The Morgan fingerprint density at radius 1 is 1.09 bits per heavy atom. The molecule has 10 nitrogen and oxygen atoms in total. The number of aromatic nitrogens is 4. The topological polar surface area (TPSA) is 117 Å². The second kappa shape index (κ2) is 12.2. The maximum Gasteiger partial charge on any atom is 0.410 e. The highest BCUT2D eigenvalue weighted by Crippen LogP contribution is 2.35. The minimum absolute atomic E-state index is 0.0374. The Morgan fingerprint density at radius 2 is 1.76 bits per heavy atom. The van der Waals surface area contributed by atoms with Gasteiger partial charge < -0.3 is 14.5 Å². The molecule has 0 unspecified atom stereocenters. The van der Waals surface area contributed by atoms with Crippen LogP contribution in [0.3, 0.4) is 0 Å². The summed E-state index contributed by atoms with van der Waals surface area (Å²) < 4.78 is 22.6. The fourth-order valence-corrected chi connectivity index (χ4v) is 6.15. The van der Waals surface area contributed by atoms with E-state index < -0.39 is 23.2 Å². The molecule has 3 aromatic heterocycles. The second-order valence-corrected chi connectivity index (χ2v) is 13.4. The van der Waals surface area contributed by atoms with Crippen molar-refractivity contribution < 1.29 is 13.9 Å². The number of nitrogens with zero attached hydrogens (tertiary/aromatic N) is 7. The van der Waals surface area contributed by atoms with Gasteiger partial charge in [-0.25, -0.2) is 23.5 Å². The molecule has 1 aromatic carbocycles. The van der Waals surface area contributed by atoms with Gasteiger partial charge in [0, 0.05) is 36.9 Å². The third-order valence-electron chi connectivity index (χ3n) is 8.16. The van der Waals surface area contributed by atoms with E-state index in [0.29, 0.717) is 41.2 Å². The number of fused-ring (bicyclic) bond motifs is 1. The summed E-state index contributed by atoms with van der Waals surface area (Å²) in [7, 11) is 0. The maximum atomic E-state index is 15.5. The first-order valence-corrected chi connectivity index (χ1v) is 15.5. The average Bonchev–Trinajstić information content (AvgIpc) is 2.97. The number of benzene rings is 1. The van der Waals surface area contributed by atoms with Gasteiger partial charge in [0.2, 0.25) is 0 Å². The Morgan fingerprint density at radius 3 is 2.37 bits per heavy atom. The van der Waals surface area contributed by atoms with Gasteiger partial charge in [-0.15, -0.1) is 0 Å². The standard InChI is InChI=1S/C35H40FN7O3/c1-19(2)28-30(21(4)13-14-38-28)43-31-26(15-24(16-37)29(39-31)25-12-10-11-20(3)27(25)36)32(40-33(43)44)42-22(5)17-41(18-23(42)6)34(45)46-35(7,8)9/h10-15,19,22-23H,17-18H2,1-9H3/t22-,23+. The summed E-state index contributed by atoms with van der Waals surface area (Å²) in [6.45, 7) is 17.5. The molecule has 4 aromatic rings. The molecule has 46 heavy (non-hydrogen) atoms. The van der Waals surface area contributed by atoms with Crippen molar-refractivity contribution in [2.24, 2.45) is 0 Å². The van der Waals surface area contributed by atoms with E-state index in [1.54, 1.807) is 42.3 Å². The summed E-state index contributed by atoms with van der Waals surface area (Å²) in [5.74, 6) is -0.187. The highest BCUT2D eigenvalue weighted by molar-refractivity contribution is 5.92. The van der Waals surface area contributed by atoms with E-state index in [9.17, 15) is 14.9 Å². The van der Waals surface area contributed by atoms with Crippen molar-refractivity contribution in [3.63, 3.8) is 0 Å². The number of halogens is 1. The molecular weight excluding hydrogens is 585 g/mol. The molecule has 0 N–H and O–H groups in total. The number of ether oxygens (including phenoxy) is 1. The van der Waals surface area contributed by atoms with Crippen LogP contribution in [0.1, 0.15) is 76.8 Å². The summed E-state index contributed by atoms with van der Waals surface area (Å²) in [4.78, 5) is 45.0. The molecule has 1 fully saturated rings. The summed E-state index contributed by atoms with van der Waals surface area (Å²) in [6, 6.07) is 10.1. The van der Waals surface area contributed by atoms with Gasteiger partial charge in [0.05, 0.1) is 28.0 Å². The van der Waals surface area contributed by atoms with E-state index in [4.69, 9.17) is 9.72 Å². The first-order valence-electron chi connectivity index (χ1n) is 15.5. The van der Waals surface area contributed by atoms with Gasteiger partial charge in [-0.3, -0.25) is 4.98 Å². The Balaban J connectivity index is 1.80. The summed E-state index contributed by atoms with van der Waals surface area (Å²) >= 11 is 0. The van der Waals surface area contributed by atoms with Crippen LogP contribution < -0.4 is 10.6 Å². The largest absolute Gasteiger partial charge is 0.444 e. The number of piperazine rings is 1. The Hall–Kier alpha value is -4.85. The smallest absolute Gasteiger partial charge is 0.410 e. The molecular formula is C35H40FN7O3. The Bertz CT molecular complexity index is 1930. The molecule has 1 aliphatic rings. The molecule has 0 aliphatic carbocycles. The van der Waals surface area contributed by atoms with Gasteiger partial charge >= 0.3 is 11.8 Å². The number of hydrogen-bond acceptors (Lipinski definition) is 8. The fraction of sp³-hybridized carbons (Fsp3) is 0.429. The number of carbonyl (C=O) groups excluding carboxylic acids is 1. The molecule has 1 amide bonds. The van der Waals surface area contributed by atoms with E-state index in [-0.39, 0.29) is 40.5 Å². The third-order valence-corrected chi connectivity index (χ3v) is 8.16. The zero-order valence-corrected chi connectivity index (χ0v) is 27.8.